The molecule has 3 atom stereocenters. The van der Waals surface area contributed by atoms with Crippen LogP contribution in [0, 0.1) is 17.3 Å². The topological polar surface area (TPSA) is 12.0 Å². The van der Waals surface area contributed by atoms with Gasteiger partial charge in [0.2, 0.25) is 0 Å². The highest BCUT2D eigenvalue weighted by atomic mass is 14.9. The van der Waals surface area contributed by atoms with Gasteiger partial charge in [0.1, 0.15) is 0 Å². The maximum absolute atomic E-state index is 3.69. The van der Waals surface area contributed by atoms with Crippen molar-refractivity contribution in [3.63, 3.8) is 0 Å². The first-order valence-electron chi connectivity index (χ1n) is 6.31. The molecule has 1 saturated carbocycles. The van der Waals surface area contributed by atoms with Gasteiger partial charge in [-0.2, -0.15) is 0 Å². The monoisotopic (exact) mass is 195 g/mol. The van der Waals surface area contributed by atoms with Crippen LogP contribution in [0.25, 0.3) is 0 Å². The molecular weight excluding hydrogens is 170 g/mol. The molecule has 1 saturated heterocycles. The van der Waals surface area contributed by atoms with Crippen molar-refractivity contribution in [1.29, 1.82) is 0 Å². The van der Waals surface area contributed by atoms with E-state index in [0.29, 0.717) is 5.41 Å². The van der Waals surface area contributed by atoms with E-state index in [4.69, 9.17) is 0 Å². The summed E-state index contributed by atoms with van der Waals surface area (Å²) < 4.78 is 0. The second kappa shape index (κ2) is 3.84. The van der Waals surface area contributed by atoms with Crippen molar-refractivity contribution in [2.75, 3.05) is 6.54 Å². The molecule has 1 N–H and O–H groups in total. The average molecular weight is 195 g/mol. The lowest BCUT2D eigenvalue weighted by Crippen LogP contribution is -2.46. The van der Waals surface area contributed by atoms with Gasteiger partial charge in [0.25, 0.3) is 0 Å². The standard InChI is InChI=1S/C13H25N/c1-13(2,3)11-6-7-12-10(9-11)5-4-8-14-12/h10-12,14H,4-9H2,1-3H3. The molecule has 1 aliphatic carbocycles. The summed E-state index contributed by atoms with van der Waals surface area (Å²) in [6, 6.07) is 0.863. The summed E-state index contributed by atoms with van der Waals surface area (Å²) in [5, 5.41) is 3.69. The van der Waals surface area contributed by atoms with E-state index in [1.807, 2.05) is 0 Å². The smallest absolute Gasteiger partial charge is 0.00955 e. The fourth-order valence-electron chi connectivity index (χ4n) is 3.29. The van der Waals surface area contributed by atoms with Gasteiger partial charge in [-0.3, -0.25) is 0 Å². The normalized spacial score (nSPS) is 39.2. The van der Waals surface area contributed by atoms with Crippen molar-refractivity contribution in [2.45, 2.75) is 58.9 Å². The van der Waals surface area contributed by atoms with Crippen molar-refractivity contribution in [3.05, 3.63) is 0 Å². The Labute approximate surface area is 88.7 Å². The summed E-state index contributed by atoms with van der Waals surface area (Å²) in [6.07, 6.45) is 7.22. The maximum Gasteiger partial charge on any atom is 0.00955 e. The molecule has 0 radical (unpaired) electrons. The van der Waals surface area contributed by atoms with Crippen LogP contribution in [0.2, 0.25) is 0 Å². The predicted octanol–water partition coefficient (Wildman–Crippen LogP) is 3.20. The number of hydrogen-bond donors (Lipinski definition) is 1. The minimum absolute atomic E-state index is 0.530. The summed E-state index contributed by atoms with van der Waals surface area (Å²) in [6.45, 7) is 8.50. The van der Waals surface area contributed by atoms with E-state index in [2.05, 4.69) is 26.1 Å². The number of hydrogen-bond acceptors (Lipinski definition) is 1. The van der Waals surface area contributed by atoms with E-state index in [1.54, 1.807) is 0 Å². The van der Waals surface area contributed by atoms with Crippen LogP contribution in [0.5, 0.6) is 0 Å². The van der Waals surface area contributed by atoms with Crippen LogP contribution >= 0.6 is 0 Å². The molecule has 2 rings (SSSR count). The Balaban J connectivity index is 1.96. The maximum atomic E-state index is 3.69. The van der Waals surface area contributed by atoms with E-state index >= 15 is 0 Å². The lowest BCUT2D eigenvalue weighted by atomic mass is 9.66. The quantitative estimate of drug-likeness (QED) is 0.626. The minimum atomic E-state index is 0.530. The van der Waals surface area contributed by atoms with Gasteiger partial charge in [-0.15, -0.1) is 0 Å². The number of piperidine rings is 1. The van der Waals surface area contributed by atoms with Crippen LogP contribution in [0.1, 0.15) is 52.9 Å². The average Bonchev–Trinajstić information content (AvgIpc) is 2.16. The van der Waals surface area contributed by atoms with Gasteiger partial charge in [0.05, 0.1) is 0 Å². The van der Waals surface area contributed by atoms with Crippen LogP contribution in [-0.4, -0.2) is 12.6 Å². The van der Waals surface area contributed by atoms with E-state index in [1.165, 1.54) is 38.6 Å². The van der Waals surface area contributed by atoms with Crippen LogP contribution in [0.4, 0.5) is 0 Å². The summed E-state index contributed by atoms with van der Waals surface area (Å²) >= 11 is 0. The molecule has 0 aromatic rings. The fourth-order valence-corrected chi connectivity index (χ4v) is 3.29. The molecule has 0 aromatic heterocycles. The van der Waals surface area contributed by atoms with Gasteiger partial charge in [-0.1, -0.05) is 20.8 Å². The number of rotatable bonds is 0. The van der Waals surface area contributed by atoms with Crippen molar-refractivity contribution in [3.8, 4) is 0 Å². The molecular formula is C13H25N. The highest BCUT2D eigenvalue weighted by Gasteiger charge is 2.36. The SMILES string of the molecule is CC(C)(C)C1CCC2NCCCC2C1. The molecule has 0 amide bonds. The van der Waals surface area contributed by atoms with E-state index in [9.17, 15) is 0 Å². The van der Waals surface area contributed by atoms with Gasteiger partial charge in [0, 0.05) is 6.04 Å². The lowest BCUT2D eigenvalue weighted by Gasteiger charge is -2.44. The molecule has 3 unspecified atom stereocenters. The molecule has 1 aliphatic heterocycles. The molecule has 0 bridgehead atoms. The van der Waals surface area contributed by atoms with E-state index in [0.717, 1.165) is 17.9 Å². The van der Waals surface area contributed by atoms with Crippen molar-refractivity contribution in [2.24, 2.45) is 17.3 Å². The first-order chi connectivity index (χ1) is 6.57. The Kier molecular flexibility index (Phi) is 2.88. The van der Waals surface area contributed by atoms with Gasteiger partial charge in [-0.05, 0) is 55.9 Å². The second-order valence-electron chi connectivity index (χ2n) is 6.34. The zero-order valence-corrected chi connectivity index (χ0v) is 9.97. The number of fused-ring (bicyclic) bond motifs is 1. The third kappa shape index (κ3) is 2.13. The fraction of sp³-hybridized carbons (Fsp3) is 1.00. The summed E-state index contributed by atoms with van der Waals surface area (Å²) in [5.74, 6) is 1.95. The van der Waals surface area contributed by atoms with Gasteiger partial charge in [0.15, 0.2) is 0 Å². The highest BCUT2D eigenvalue weighted by Crippen LogP contribution is 2.42. The Morgan fingerprint density at radius 3 is 2.57 bits per heavy atom. The Bertz CT molecular complexity index is 192. The van der Waals surface area contributed by atoms with Gasteiger partial charge < -0.3 is 5.32 Å². The second-order valence-corrected chi connectivity index (χ2v) is 6.34. The van der Waals surface area contributed by atoms with Crippen LogP contribution < -0.4 is 5.32 Å². The van der Waals surface area contributed by atoms with E-state index < -0.39 is 0 Å². The van der Waals surface area contributed by atoms with Gasteiger partial charge in [-0.25, -0.2) is 0 Å². The largest absolute Gasteiger partial charge is 0.314 e. The third-order valence-corrected chi connectivity index (χ3v) is 4.37. The van der Waals surface area contributed by atoms with Crippen LogP contribution in [0.15, 0.2) is 0 Å². The molecule has 0 spiro atoms. The molecule has 82 valence electrons. The predicted molar refractivity (Wildman–Crippen MR) is 61.3 cm³/mol. The summed E-state index contributed by atoms with van der Waals surface area (Å²) in [7, 11) is 0. The summed E-state index contributed by atoms with van der Waals surface area (Å²) in [5.41, 5.74) is 0.530. The van der Waals surface area contributed by atoms with Crippen molar-refractivity contribution < 1.29 is 0 Å². The first-order valence-corrected chi connectivity index (χ1v) is 6.31. The van der Waals surface area contributed by atoms with E-state index in [-0.39, 0.29) is 0 Å². The summed E-state index contributed by atoms with van der Waals surface area (Å²) in [4.78, 5) is 0. The highest BCUT2D eigenvalue weighted by molar-refractivity contribution is 4.90. The molecule has 1 nitrogen and oxygen atoms in total. The molecule has 0 aromatic carbocycles. The van der Waals surface area contributed by atoms with Crippen molar-refractivity contribution in [1.82, 2.24) is 5.32 Å². The van der Waals surface area contributed by atoms with Crippen molar-refractivity contribution >= 4 is 0 Å². The molecule has 1 heterocycles. The lowest BCUT2D eigenvalue weighted by molar-refractivity contribution is 0.0955. The Morgan fingerprint density at radius 2 is 1.86 bits per heavy atom. The minimum Gasteiger partial charge on any atom is -0.314 e. The first kappa shape index (κ1) is 10.5. The van der Waals surface area contributed by atoms with Gasteiger partial charge >= 0.3 is 0 Å². The zero-order chi connectivity index (χ0) is 10.2. The van der Waals surface area contributed by atoms with Crippen LogP contribution in [0.3, 0.4) is 0 Å². The Hall–Kier alpha value is -0.0400. The molecule has 2 aliphatic rings. The molecule has 1 heteroatoms. The molecule has 14 heavy (non-hydrogen) atoms. The Morgan fingerprint density at radius 1 is 1.07 bits per heavy atom. The third-order valence-electron chi connectivity index (χ3n) is 4.37. The zero-order valence-electron chi connectivity index (χ0n) is 9.97. The van der Waals surface area contributed by atoms with Crippen LogP contribution in [-0.2, 0) is 0 Å². The number of nitrogens with one attached hydrogen (secondary N) is 1. The molecule has 2 fully saturated rings.